The second-order valence-electron chi connectivity index (χ2n) is 4.25. The molecule has 1 aromatic rings. The van der Waals surface area contributed by atoms with Crippen LogP contribution in [0.15, 0.2) is 0 Å². The largest absolute Gasteiger partial charge is 0.292 e. The summed E-state index contributed by atoms with van der Waals surface area (Å²) in [7, 11) is 0. The van der Waals surface area contributed by atoms with E-state index in [0.717, 1.165) is 30.0 Å². The summed E-state index contributed by atoms with van der Waals surface area (Å²) in [6.07, 6.45) is 3.76. The van der Waals surface area contributed by atoms with E-state index in [1.54, 1.807) is 11.3 Å². The van der Waals surface area contributed by atoms with E-state index in [4.69, 9.17) is 0 Å². The highest BCUT2D eigenvalue weighted by atomic mass is 32.1. The van der Waals surface area contributed by atoms with Crippen LogP contribution in [-0.2, 0) is 12.8 Å². The Balaban J connectivity index is 2.26. The Kier molecular flexibility index (Phi) is 2.68. The minimum atomic E-state index is 0.248. The Morgan fingerprint density at radius 2 is 2.21 bits per heavy atom. The highest BCUT2D eigenvalue weighted by Gasteiger charge is 2.22. The summed E-state index contributed by atoms with van der Waals surface area (Å²) >= 11 is 1.74. The van der Waals surface area contributed by atoms with E-state index in [9.17, 15) is 4.79 Å². The maximum Gasteiger partial charge on any atom is 0.182 e. The number of fused-ring (bicyclic) bond motifs is 1. The molecule has 0 fully saturated rings. The number of nitrogens with zero attached hydrogens (tertiary/aromatic N) is 1. The third-order valence-electron chi connectivity index (χ3n) is 2.40. The number of ketones is 1. The van der Waals surface area contributed by atoms with E-state index in [2.05, 4.69) is 18.8 Å². The summed E-state index contributed by atoms with van der Waals surface area (Å²) < 4.78 is 0. The average Bonchev–Trinajstić information content (AvgIpc) is 2.47. The standard InChI is InChI=1S/C11H15NOS/c1-7(2)6-10-12-11-8(13)4-3-5-9(11)14-10/h7H,3-6H2,1-2H3. The number of hydrogen-bond acceptors (Lipinski definition) is 3. The third kappa shape index (κ3) is 1.87. The number of carbonyl (C=O) groups is 1. The molecule has 0 aromatic carbocycles. The lowest BCUT2D eigenvalue weighted by Crippen LogP contribution is -2.09. The minimum Gasteiger partial charge on any atom is -0.292 e. The fraction of sp³-hybridized carbons (Fsp3) is 0.636. The molecule has 0 amide bonds. The first-order chi connectivity index (χ1) is 6.66. The van der Waals surface area contributed by atoms with Crippen LogP contribution in [0.25, 0.3) is 0 Å². The van der Waals surface area contributed by atoms with Gasteiger partial charge in [0.2, 0.25) is 0 Å². The maximum absolute atomic E-state index is 11.5. The van der Waals surface area contributed by atoms with Crippen molar-refractivity contribution in [3.05, 3.63) is 15.6 Å². The quantitative estimate of drug-likeness (QED) is 0.749. The van der Waals surface area contributed by atoms with Gasteiger partial charge in [0.15, 0.2) is 5.78 Å². The minimum absolute atomic E-state index is 0.248. The molecule has 76 valence electrons. The van der Waals surface area contributed by atoms with Crippen LogP contribution in [0.2, 0.25) is 0 Å². The topological polar surface area (TPSA) is 30.0 Å². The fourth-order valence-electron chi connectivity index (χ4n) is 1.75. The number of Topliss-reactive ketones (excluding diaryl/α,β-unsaturated/α-hetero) is 1. The fourth-order valence-corrected chi connectivity index (χ4v) is 3.09. The molecule has 0 atom stereocenters. The SMILES string of the molecule is CC(C)Cc1nc2c(s1)CCCC2=O. The lowest BCUT2D eigenvalue weighted by atomic mass is 10.0. The van der Waals surface area contributed by atoms with Gasteiger partial charge in [0, 0.05) is 17.7 Å². The zero-order valence-corrected chi connectivity index (χ0v) is 9.49. The zero-order chi connectivity index (χ0) is 10.1. The van der Waals surface area contributed by atoms with E-state index in [1.165, 1.54) is 4.88 Å². The highest BCUT2D eigenvalue weighted by Crippen LogP contribution is 2.27. The molecule has 2 nitrogen and oxygen atoms in total. The van der Waals surface area contributed by atoms with Gasteiger partial charge in [-0.25, -0.2) is 4.98 Å². The van der Waals surface area contributed by atoms with Gasteiger partial charge in [-0.3, -0.25) is 4.79 Å². The number of hydrogen-bond donors (Lipinski definition) is 0. The van der Waals surface area contributed by atoms with Crippen molar-refractivity contribution in [2.24, 2.45) is 5.92 Å². The molecule has 0 N–H and O–H groups in total. The van der Waals surface area contributed by atoms with E-state index in [-0.39, 0.29) is 5.78 Å². The third-order valence-corrected chi connectivity index (χ3v) is 3.53. The summed E-state index contributed by atoms with van der Waals surface area (Å²) in [5, 5.41) is 1.14. The molecular weight excluding hydrogens is 194 g/mol. The first-order valence-corrected chi connectivity index (χ1v) is 6.00. The smallest absolute Gasteiger partial charge is 0.182 e. The Bertz CT molecular complexity index is 354. The van der Waals surface area contributed by atoms with Crippen LogP contribution in [0, 0.1) is 5.92 Å². The van der Waals surface area contributed by atoms with Crippen molar-refractivity contribution >= 4 is 17.1 Å². The van der Waals surface area contributed by atoms with Crippen molar-refractivity contribution in [3.8, 4) is 0 Å². The number of aromatic nitrogens is 1. The number of carbonyl (C=O) groups excluding carboxylic acids is 1. The first-order valence-electron chi connectivity index (χ1n) is 5.18. The molecule has 0 radical (unpaired) electrons. The molecular formula is C11H15NOS. The molecule has 0 saturated carbocycles. The van der Waals surface area contributed by atoms with Crippen molar-refractivity contribution in [2.75, 3.05) is 0 Å². The van der Waals surface area contributed by atoms with Crippen molar-refractivity contribution < 1.29 is 4.79 Å². The Morgan fingerprint density at radius 1 is 1.43 bits per heavy atom. The predicted molar refractivity (Wildman–Crippen MR) is 57.9 cm³/mol. The van der Waals surface area contributed by atoms with Crippen LogP contribution < -0.4 is 0 Å². The molecule has 2 rings (SSSR count). The van der Waals surface area contributed by atoms with Gasteiger partial charge in [-0.2, -0.15) is 0 Å². The summed E-state index contributed by atoms with van der Waals surface area (Å²) in [4.78, 5) is 17.2. The van der Waals surface area contributed by atoms with Gasteiger partial charge < -0.3 is 0 Å². The van der Waals surface area contributed by atoms with Crippen LogP contribution in [0.1, 0.15) is 47.1 Å². The van der Waals surface area contributed by atoms with Crippen molar-refractivity contribution in [1.82, 2.24) is 4.98 Å². The van der Waals surface area contributed by atoms with Crippen molar-refractivity contribution in [3.63, 3.8) is 0 Å². The number of rotatable bonds is 2. The van der Waals surface area contributed by atoms with Crippen LogP contribution >= 0.6 is 11.3 Å². The molecule has 0 bridgehead atoms. The van der Waals surface area contributed by atoms with Gasteiger partial charge >= 0.3 is 0 Å². The molecule has 0 spiro atoms. The summed E-state index contributed by atoms with van der Waals surface area (Å²) in [5.74, 6) is 0.871. The molecule has 1 aromatic heterocycles. The lowest BCUT2D eigenvalue weighted by molar-refractivity contribution is 0.0968. The van der Waals surface area contributed by atoms with Gasteiger partial charge in [-0.1, -0.05) is 13.8 Å². The molecule has 3 heteroatoms. The highest BCUT2D eigenvalue weighted by molar-refractivity contribution is 7.12. The van der Waals surface area contributed by atoms with Gasteiger partial charge in [0.25, 0.3) is 0 Å². The van der Waals surface area contributed by atoms with E-state index in [1.807, 2.05) is 0 Å². The Hall–Kier alpha value is -0.700. The van der Waals surface area contributed by atoms with Crippen molar-refractivity contribution in [1.29, 1.82) is 0 Å². The van der Waals surface area contributed by atoms with Crippen LogP contribution in [0.4, 0.5) is 0 Å². The normalized spacial score (nSPS) is 16.1. The molecule has 14 heavy (non-hydrogen) atoms. The van der Waals surface area contributed by atoms with Gasteiger partial charge in [0.05, 0.1) is 5.01 Å². The Labute approximate surface area is 88.4 Å². The van der Waals surface area contributed by atoms with E-state index < -0.39 is 0 Å². The van der Waals surface area contributed by atoms with E-state index >= 15 is 0 Å². The zero-order valence-electron chi connectivity index (χ0n) is 8.67. The van der Waals surface area contributed by atoms with Crippen LogP contribution in [-0.4, -0.2) is 10.8 Å². The summed E-state index contributed by atoms with van der Waals surface area (Å²) in [6.45, 7) is 4.37. The maximum atomic E-state index is 11.5. The molecule has 1 heterocycles. The first kappa shape index (κ1) is 9.84. The predicted octanol–water partition coefficient (Wildman–Crippen LogP) is 2.86. The number of aryl methyl sites for hydroxylation is 1. The van der Waals surface area contributed by atoms with Crippen LogP contribution in [0.5, 0.6) is 0 Å². The lowest BCUT2D eigenvalue weighted by Gasteiger charge is -2.06. The molecule has 1 aliphatic rings. The second kappa shape index (κ2) is 3.81. The number of thiazole rings is 1. The van der Waals surface area contributed by atoms with E-state index in [0.29, 0.717) is 12.3 Å². The second-order valence-corrected chi connectivity index (χ2v) is 5.42. The molecule has 0 aliphatic heterocycles. The molecule has 0 unspecified atom stereocenters. The van der Waals surface area contributed by atoms with Crippen molar-refractivity contribution in [2.45, 2.75) is 39.5 Å². The molecule has 0 saturated heterocycles. The van der Waals surface area contributed by atoms with Crippen LogP contribution in [0.3, 0.4) is 0 Å². The Morgan fingerprint density at radius 3 is 2.86 bits per heavy atom. The molecule has 1 aliphatic carbocycles. The average molecular weight is 209 g/mol. The van der Waals surface area contributed by atoms with Gasteiger partial charge in [-0.15, -0.1) is 11.3 Å². The van der Waals surface area contributed by atoms with Gasteiger partial charge in [0.1, 0.15) is 5.69 Å². The summed E-state index contributed by atoms with van der Waals surface area (Å²) in [6, 6.07) is 0. The van der Waals surface area contributed by atoms with Gasteiger partial charge in [-0.05, 0) is 18.8 Å². The summed E-state index contributed by atoms with van der Waals surface area (Å²) in [5.41, 5.74) is 0.775. The monoisotopic (exact) mass is 209 g/mol.